The summed E-state index contributed by atoms with van der Waals surface area (Å²) >= 11 is 0. The molecule has 0 aliphatic heterocycles. The Balaban J connectivity index is 2.53. The van der Waals surface area contributed by atoms with Crippen LogP contribution in [-0.4, -0.2) is 30.2 Å². The second-order valence-electron chi connectivity index (χ2n) is 4.76. The highest BCUT2D eigenvalue weighted by Crippen LogP contribution is 2.27. The van der Waals surface area contributed by atoms with Gasteiger partial charge in [0, 0.05) is 25.8 Å². The summed E-state index contributed by atoms with van der Waals surface area (Å²) in [5.74, 6) is 7.35. The van der Waals surface area contributed by atoms with E-state index < -0.39 is 0 Å². The third kappa shape index (κ3) is 5.00. The third-order valence-electron chi connectivity index (χ3n) is 2.92. The second-order valence-corrected chi connectivity index (χ2v) is 4.76. The molecule has 1 heterocycles. The van der Waals surface area contributed by atoms with Crippen LogP contribution < -0.4 is 16.6 Å². The number of nitrogens with zero attached hydrogens (tertiary/aromatic N) is 2. The molecule has 108 valence electrons. The Morgan fingerprint density at radius 3 is 2.58 bits per heavy atom. The molecular formula is C13H25N5O. The molecule has 4 N–H and O–H groups in total. The SMILES string of the molecule is COCCCCCNc1ncnc(NN)c1C(C)C. The smallest absolute Gasteiger partial charge is 0.148 e. The molecular weight excluding hydrogens is 242 g/mol. The maximum absolute atomic E-state index is 5.49. The number of hydrazine groups is 1. The topological polar surface area (TPSA) is 85.1 Å². The molecule has 0 radical (unpaired) electrons. The molecule has 0 atom stereocenters. The molecule has 0 spiro atoms. The maximum atomic E-state index is 5.49. The van der Waals surface area contributed by atoms with Crippen molar-refractivity contribution >= 4 is 11.6 Å². The normalized spacial score (nSPS) is 10.8. The molecule has 19 heavy (non-hydrogen) atoms. The van der Waals surface area contributed by atoms with Crippen LogP contribution in [0.3, 0.4) is 0 Å². The number of nitrogens with two attached hydrogens (primary N) is 1. The van der Waals surface area contributed by atoms with Crippen LogP contribution in [0.15, 0.2) is 6.33 Å². The zero-order valence-corrected chi connectivity index (χ0v) is 12.1. The van der Waals surface area contributed by atoms with Crippen LogP contribution in [-0.2, 0) is 4.74 Å². The zero-order valence-electron chi connectivity index (χ0n) is 12.1. The Kier molecular flexibility index (Phi) is 7.14. The number of nitrogen functional groups attached to an aromatic ring is 1. The molecule has 0 aliphatic carbocycles. The van der Waals surface area contributed by atoms with E-state index in [1.165, 1.54) is 6.33 Å². The van der Waals surface area contributed by atoms with Gasteiger partial charge in [0.1, 0.15) is 18.0 Å². The van der Waals surface area contributed by atoms with E-state index in [9.17, 15) is 0 Å². The number of hydrogen-bond acceptors (Lipinski definition) is 6. The van der Waals surface area contributed by atoms with Crippen LogP contribution in [0.1, 0.15) is 44.6 Å². The summed E-state index contributed by atoms with van der Waals surface area (Å²) in [4.78, 5) is 8.44. The summed E-state index contributed by atoms with van der Waals surface area (Å²) in [5, 5.41) is 3.36. The van der Waals surface area contributed by atoms with Crippen LogP contribution >= 0.6 is 0 Å². The van der Waals surface area contributed by atoms with E-state index in [0.717, 1.165) is 43.8 Å². The fourth-order valence-corrected chi connectivity index (χ4v) is 1.95. The monoisotopic (exact) mass is 267 g/mol. The second kappa shape index (κ2) is 8.66. The zero-order chi connectivity index (χ0) is 14.1. The van der Waals surface area contributed by atoms with Crippen molar-refractivity contribution in [1.82, 2.24) is 9.97 Å². The predicted molar refractivity (Wildman–Crippen MR) is 78.1 cm³/mol. The molecule has 0 aromatic carbocycles. The van der Waals surface area contributed by atoms with Crippen LogP contribution in [0.4, 0.5) is 11.6 Å². The minimum atomic E-state index is 0.309. The van der Waals surface area contributed by atoms with Gasteiger partial charge in [-0.1, -0.05) is 13.8 Å². The minimum absolute atomic E-state index is 0.309. The maximum Gasteiger partial charge on any atom is 0.148 e. The van der Waals surface area contributed by atoms with Crippen LogP contribution in [0.25, 0.3) is 0 Å². The highest BCUT2D eigenvalue weighted by molar-refractivity contribution is 5.58. The molecule has 0 bridgehead atoms. The van der Waals surface area contributed by atoms with Crippen molar-refractivity contribution < 1.29 is 4.74 Å². The van der Waals surface area contributed by atoms with Gasteiger partial charge in [0.25, 0.3) is 0 Å². The third-order valence-corrected chi connectivity index (χ3v) is 2.92. The number of hydrogen-bond donors (Lipinski definition) is 3. The molecule has 1 aromatic heterocycles. The van der Waals surface area contributed by atoms with Gasteiger partial charge in [-0.25, -0.2) is 15.8 Å². The van der Waals surface area contributed by atoms with E-state index in [4.69, 9.17) is 10.6 Å². The highest BCUT2D eigenvalue weighted by Gasteiger charge is 2.13. The van der Waals surface area contributed by atoms with Crippen molar-refractivity contribution in [3.05, 3.63) is 11.9 Å². The Bertz CT molecular complexity index is 370. The van der Waals surface area contributed by atoms with E-state index in [2.05, 4.69) is 34.6 Å². The van der Waals surface area contributed by atoms with E-state index in [0.29, 0.717) is 11.7 Å². The minimum Gasteiger partial charge on any atom is -0.385 e. The first-order valence-electron chi connectivity index (χ1n) is 6.75. The fourth-order valence-electron chi connectivity index (χ4n) is 1.95. The van der Waals surface area contributed by atoms with Gasteiger partial charge in [0.2, 0.25) is 0 Å². The average Bonchev–Trinajstić information content (AvgIpc) is 2.42. The molecule has 0 amide bonds. The van der Waals surface area contributed by atoms with E-state index in [-0.39, 0.29) is 0 Å². The summed E-state index contributed by atoms with van der Waals surface area (Å²) < 4.78 is 5.02. The molecule has 1 rings (SSSR count). The van der Waals surface area contributed by atoms with Gasteiger partial charge in [-0.2, -0.15) is 0 Å². The number of nitrogens with one attached hydrogen (secondary N) is 2. The quantitative estimate of drug-likeness (QED) is 0.361. The van der Waals surface area contributed by atoms with Crippen molar-refractivity contribution in [2.75, 3.05) is 31.0 Å². The lowest BCUT2D eigenvalue weighted by atomic mass is 10.0. The highest BCUT2D eigenvalue weighted by atomic mass is 16.5. The average molecular weight is 267 g/mol. The number of ether oxygens (including phenoxy) is 1. The van der Waals surface area contributed by atoms with Gasteiger partial charge in [-0.15, -0.1) is 0 Å². The first kappa shape index (κ1) is 15.7. The lowest BCUT2D eigenvalue weighted by Crippen LogP contribution is -2.15. The number of rotatable bonds is 9. The molecule has 1 aromatic rings. The first-order valence-corrected chi connectivity index (χ1v) is 6.75. The van der Waals surface area contributed by atoms with Gasteiger partial charge in [-0.3, -0.25) is 0 Å². The fraction of sp³-hybridized carbons (Fsp3) is 0.692. The van der Waals surface area contributed by atoms with Crippen molar-refractivity contribution in [2.45, 2.75) is 39.0 Å². The first-order chi connectivity index (χ1) is 9.20. The summed E-state index contributed by atoms with van der Waals surface area (Å²) in [6.07, 6.45) is 4.85. The van der Waals surface area contributed by atoms with Gasteiger partial charge in [0.05, 0.1) is 0 Å². The van der Waals surface area contributed by atoms with Crippen molar-refractivity contribution in [2.24, 2.45) is 5.84 Å². The molecule has 6 nitrogen and oxygen atoms in total. The summed E-state index contributed by atoms with van der Waals surface area (Å²) in [6, 6.07) is 0. The molecule has 0 saturated heterocycles. The van der Waals surface area contributed by atoms with E-state index in [1.54, 1.807) is 7.11 Å². The lowest BCUT2D eigenvalue weighted by Gasteiger charge is -2.16. The standard InChI is InChI=1S/C13H25N5O/c1-10(2)11-12(16-9-17-13(11)18-14)15-7-5-4-6-8-19-3/h9-10H,4-8,14H2,1-3H3,(H2,15,16,17,18). The molecule has 0 fully saturated rings. The van der Waals surface area contributed by atoms with Crippen LogP contribution in [0, 0.1) is 0 Å². The summed E-state index contributed by atoms with van der Waals surface area (Å²) in [7, 11) is 1.73. The molecule has 0 saturated carbocycles. The van der Waals surface area contributed by atoms with E-state index >= 15 is 0 Å². The van der Waals surface area contributed by atoms with Gasteiger partial charge in [0.15, 0.2) is 0 Å². The Labute approximate surface area is 115 Å². The molecule has 6 heteroatoms. The number of unbranched alkanes of at least 4 members (excludes halogenated alkanes) is 2. The Morgan fingerprint density at radius 1 is 1.21 bits per heavy atom. The molecule has 0 aliphatic rings. The Morgan fingerprint density at radius 2 is 1.95 bits per heavy atom. The summed E-state index contributed by atoms with van der Waals surface area (Å²) in [5.41, 5.74) is 3.66. The molecule has 0 unspecified atom stereocenters. The number of methoxy groups -OCH3 is 1. The van der Waals surface area contributed by atoms with Crippen molar-refractivity contribution in [3.63, 3.8) is 0 Å². The van der Waals surface area contributed by atoms with Crippen LogP contribution in [0.5, 0.6) is 0 Å². The number of anilines is 2. The van der Waals surface area contributed by atoms with Crippen molar-refractivity contribution in [3.8, 4) is 0 Å². The number of aromatic nitrogens is 2. The largest absolute Gasteiger partial charge is 0.385 e. The van der Waals surface area contributed by atoms with Gasteiger partial charge < -0.3 is 15.5 Å². The van der Waals surface area contributed by atoms with Gasteiger partial charge in [-0.05, 0) is 25.2 Å². The van der Waals surface area contributed by atoms with E-state index in [1.807, 2.05) is 0 Å². The van der Waals surface area contributed by atoms with Crippen molar-refractivity contribution in [1.29, 1.82) is 0 Å². The lowest BCUT2D eigenvalue weighted by molar-refractivity contribution is 0.192. The van der Waals surface area contributed by atoms with Gasteiger partial charge >= 0.3 is 0 Å². The predicted octanol–water partition coefficient (Wildman–Crippen LogP) is 2.11. The van der Waals surface area contributed by atoms with Crippen LogP contribution in [0.2, 0.25) is 0 Å². The Hall–Kier alpha value is -1.40. The summed E-state index contributed by atoms with van der Waals surface area (Å²) in [6.45, 7) is 5.92.